The summed E-state index contributed by atoms with van der Waals surface area (Å²) in [6, 6.07) is 0. The molecule has 0 saturated heterocycles. The molecule has 1 unspecified atom stereocenters. The molecule has 0 heterocycles. The van der Waals surface area contributed by atoms with Crippen molar-refractivity contribution in [1.82, 2.24) is 5.32 Å². The highest BCUT2D eigenvalue weighted by Crippen LogP contribution is 2.11. The van der Waals surface area contributed by atoms with Crippen molar-refractivity contribution < 1.29 is 4.79 Å². The van der Waals surface area contributed by atoms with E-state index in [1.165, 1.54) is 0 Å². The highest BCUT2D eigenvalue weighted by molar-refractivity contribution is 9.10. The van der Waals surface area contributed by atoms with E-state index < -0.39 is 0 Å². The van der Waals surface area contributed by atoms with Gasteiger partial charge in [0.05, 0.1) is 4.83 Å². The third-order valence-electron chi connectivity index (χ3n) is 1.40. The minimum atomic E-state index is -0.100. The SMILES string of the molecule is C=C(C)CNC(=O)C(Br)C(C)C. The summed E-state index contributed by atoms with van der Waals surface area (Å²) in [7, 11) is 0. The Balaban J connectivity index is 3.80. The second-order valence-corrected chi connectivity index (χ2v) is 4.31. The lowest BCUT2D eigenvalue weighted by molar-refractivity contribution is -0.120. The topological polar surface area (TPSA) is 29.1 Å². The number of halogens is 1. The molecule has 0 spiro atoms. The first-order chi connectivity index (χ1) is 5.45. The summed E-state index contributed by atoms with van der Waals surface area (Å²) in [5, 5.41) is 2.78. The molecule has 0 saturated carbocycles. The molecular weight excluding hydrogens is 218 g/mol. The smallest absolute Gasteiger partial charge is 0.234 e. The van der Waals surface area contributed by atoms with E-state index in [0.29, 0.717) is 12.5 Å². The minimum absolute atomic E-state index is 0.0352. The maximum absolute atomic E-state index is 11.3. The fraction of sp³-hybridized carbons (Fsp3) is 0.667. The van der Waals surface area contributed by atoms with E-state index in [-0.39, 0.29) is 10.7 Å². The highest BCUT2D eigenvalue weighted by Gasteiger charge is 2.17. The lowest BCUT2D eigenvalue weighted by atomic mass is 10.1. The fourth-order valence-electron chi connectivity index (χ4n) is 0.638. The summed E-state index contributed by atoms with van der Waals surface area (Å²) in [4.78, 5) is 11.2. The molecule has 0 aromatic heterocycles. The van der Waals surface area contributed by atoms with Crippen LogP contribution < -0.4 is 5.32 Å². The maximum Gasteiger partial charge on any atom is 0.234 e. The van der Waals surface area contributed by atoms with Crippen molar-refractivity contribution in [2.45, 2.75) is 25.6 Å². The normalized spacial score (nSPS) is 12.8. The maximum atomic E-state index is 11.3. The first-order valence-electron chi connectivity index (χ1n) is 4.01. The van der Waals surface area contributed by atoms with Crippen LogP contribution in [-0.2, 0) is 4.79 Å². The third kappa shape index (κ3) is 4.54. The van der Waals surface area contributed by atoms with Gasteiger partial charge in [-0.15, -0.1) is 0 Å². The van der Waals surface area contributed by atoms with E-state index in [4.69, 9.17) is 0 Å². The van der Waals surface area contributed by atoms with E-state index in [2.05, 4.69) is 27.8 Å². The number of carbonyl (C=O) groups excluding carboxylic acids is 1. The van der Waals surface area contributed by atoms with Crippen LogP contribution in [0, 0.1) is 5.92 Å². The summed E-state index contributed by atoms with van der Waals surface area (Å²) >= 11 is 3.32. The number of amides is 1. The van der Waals surface area contributed by atoms with Gasteiger partial charge >= 0.3 is 0 Å². The average Bonchev–Trinajstić information content (AvgIpc) is 1.98. The van der Waals surface area contributed by atoms with E-state index in [0.717, 1.165) is 5.57 Å². The Morgan fingerprint density at radius 1 is 1.58 bits per heavy atom. The number of carbonyl (C=O) groups is 1. The van der Waals surface area contributed by atoms with Gasteiger partial charge in [0.1, 0.15) is 0 Å². The van der Waals surface area contributed by atoms with E-state index in [1.807, 2.05) is 20.8 Å². The Morgan fingerprint density at radius 2 is 2.08 bits per heavy atom. The van der Waals surface area contributed by atoms with Gasteiger partial charge in [-0.2, -0.15) is 0 Å². The van der Waals surface area contributed by atoms with Crippen LogP contribution in [0.2, 0.25) is 0 Å². The zero-order valence-corrected chi connectivity index (χ0v) is 9.44. The zero-order chi connectivity index (χ0) is 9.72. The average molecular weight is 234 g/mol. The van der Waals surface area contributed by atoms with Crippen LogP contribution in [0.1, 0.15) is 20.8 Å². The van der Waals surface area contributed by atoms with Crippen LogP contribution in [0.25, 0.3) is 0 Å². The second-order valence-electron chi connectivity index (χ2n) is 3.32. The van der Waals surface area contributed by atoms with Crippen LogP contribution in [0.5, 0.6) is 0 Å². The van der Waals surface area contributed by atoms with Crippen LogP contribution in [0.3, 0.4) is 0 Å². The Kier molecular flexibility index (Phi) is 5.22. The molecule has 2 nitrogen and oxygen atoms in total. The lowest BCUT2D eigenvalue weighted by Crippen LogP contribution is -2.34. The molecule has 0 fully saturated rings. The number of nitrogens with one attached hydrogen (secondary N) is 1. The molecule has 1 N–H and O–H groups in total. The van der Waals surface area contributed by atoms with Crippen molar-refractivity contribution >= 4 is 21.8 Å². The summed E-state index contributed by atoms with van der Waals surface area (Å²) in [6.07, 6.45) is 0. The minimum Gasteiger partial charge on any atom is -0.351 e. The predicted molar refractivity (Wildman–Crippen MR) is 55.4 cm³/mol. The first kappa shape index (κ1) is 11.7. The van der Waals surface area contributed by atoms with Gasteiger partial charge in [0, 0.05) is 6.54 Å². The van der Waals surface area contributed by atoms with Crippen molar-refractivity contribution in [1.29, 1.82) is 0 Å². The molecule has 0 rings (SSSR count). The summed E-state index contributed by atoms with van der Waals surface area (Å²) in [5.41, 5.74) is 0.965. The van der Waals surface area contributed by atoms with Gasteiger partial charge in [0.25, 0.3) is 0 Å². The Bertz CT molecular complexity index is 177. The molecule has 70 valence electrons. The molecule has 0 bridgehead atoms. The molecule has 0 aliphatic heterocycles. The molecule has 1 atom stereocenters. The van der Waals surface area contributed by atoms with Gasteiger partial charge in [-0.25, -0.2) is 0 Å². The molecule has 12 heavy (non-hydrogen) atoms. The number of hydrogen-bond donors (Lipinski definition) is 1. The van der Waals surface area contributed by atoms with Crippen LogP contribution >= 0.6 is 15.9 Å². The number of hydrogen-bond acceptors (Lipinski definition) is 1. The van der Waals surface area contributed by atoms with Gasteiger partial charge < -0.3 is 5.32 Å². The van der Waals surface area contributed by atoms with Crippen LogP contribution in [0.15, 0.2) is 12.2 Å². The molecule has 0 aliphatic rings. The number of alkyl halides is 1. The molecule has 0 aromatic rings. The van der Waals surface area contributed by atoms with Crippen molar-refractivity contribution in [3.05, 3.63) is 12.2 Å². The lowest BCUT2D eigenvalue weighted by Gasteiger charge is -2.13. The Hall–Kier alpha value is -0.310. The fourth-order valence-corrected chi connectivity index (χ4v) is 0.800. The quantitative estimate of drug-likeness (QED) is 0.585. The molecule has 3 heteroatoms. The summed E-state index contributed by atoms with van der Waals surface area (Å²) in [6.45, 7) is 10.2. The van der Waals surface area contributed by atoms with Crippen LogP contribution in [-0.4, -0.2) is 17.3 Å². The zero-order valence-electron chi connectivity index (χ0n) is 7.86. The van der Waals surface area contributed by atoms with Crippen molar-refractivity contribution in [2.24, 2.45) is 5.92 Å². The standard InChI is InChI=1S/C9H16BrNO/c1-6(2)5-11-9(12)8(10)7(3)4/h7-8H,1,5H2,2-4H3,(H,11,12). The van der Waals surface area contributed by atoms with E-state index >= 15 is 0 Å². The van der Waals surface area contributed by atoms with E-state index in [1.54, 1.807) is 0 Å². The number of rotatable bonds is 4. The molecule has 0 radical (unpaired) electrons. The second kappa shape index (κ2) is 5.36. The molecule has 0 aromatic carbocycles. The summed E-state index contributed by atoms with van der Waals surface area (Å²) in [5.74, 6) is 0.350. The highest BCUT2D eigenvalue weighted by atomic mass is 79.9. The first-order valence-corrected chi connectivity index (χ1v) is 4.93. The summed E-state index contributed by atoms with van der Waals surface area (Å²) < 4.78 is 0. The van der Waals surface area contributed by atoms with Gasteiger partial charge in [-0.05, 0) is 12.8 Å². The molecular formula is C9H16BrNO. The predicted octanol–water partition coefficient (Wildman–Crippen LogP) is 2.10. The largest absolute Gasteiger partial charge is 0.351 e. The van der Waals surface area contributed by atoms with Gasteiger partial charge in [0.2, 0.25) is 5.91 Å². The van der Waals surface area contributed by atoms with Crippen molar-refractivity contribution in [3.63, 3.8) is 0 Å². The Morgan fingerprint density at radius 3 is 2.42 bits per heavy atom. The molecule has 1 amide bonds. The van der Waals surface area contributed by atoms with Gasteiger partial charge in [0.15, 0.2) is 0 Å². The van der Waals surface area contributed by atoms with Crippen LogP contribution in [0.4, 0.5) is 0 Å². The van der Waals surface area contributed by atoms with E-state index in [9.17, 15) is 4.79 Å². The molecule has 0 aliphatic carbocycles. The monoisotopic (exact) mass is 233 g/mol. The van der Waals surface area contributed by atoms with Gasteiger partial charge in [-0.3, -0.25) is 4.79 Å². The van der Waals surface area contributed by atoms with Gasteiger partial charge in [-0.1, -0.05) is 41.9 Å². The van der Waals surface area contributed by atoms with Crippen molar-refractivity contribution in [2.75, 3.05) is 6.54 Å². The van der Waals surface area contributed by atoms with Crippen molar-refractivity contribution in [3.8, 4) is 0 Å². The Labute approximate surface area is 82.5 Å². The third-order valence-corrected chi connectivity index (χ3v) is 2.87.